The van der Waals surface area contributed by atoms with Crippen LogP contribution in [-0.2, 0) is 6.54 Å². The maximum absolute atomic E-state index is 13.9. The normalized spacial score (nSPS) is 20.6. The highest BCUT2D eigenvalue weighted by Crippen LogP contribution is 2.24. The lowest BCUT2D eigenvalue weighted by Gasteiger charge is -2.34. The lowest BCUT2D eigenvalue weighted by molar-refractivity contribution is 0.208. The van der Waals surface area contributed by atoms with Gasteiger partial charge in [0.1, 0.15) is 18.0 Å². The molecule has 0 amide bonds. The number of hydrogen-bond acceptors (Lipinski definition) is 7. The number of ether oxygens (including phenoxy) is 1. The van der Waals surface area contributed by atoms with E-state index in [9.17, 15) is 9.50 Å². The molecule has 2 aliphatic heterocycles. The Kier molecular flexibility index (Phi) is 7.19. The van der Waals surface area contributed by atoms with Gasteiger partial charge in [0.15, 0.2) is 11.6 Å². The molecule has 2 aliphatic rings. The van der Waals surface area contributed by atoms with Gasteiger partial charge in [-0.15, -0.1) is 0 Å². The number of aliphatic hydroxyl groups is 1. The molecule has 0 aliphatic carbocycles. The zero-order valence-corrected chi connectivity index (χ0v) is 18.1. The number of aliphatic hydroxyl groups excluding tert-OH is 1. The fourth-order valence-corrected chi connectivity index (χ4v) is 4.53. The van der Waals surface area contributed by atoms with Crippen molar-refractivity contribution in [2.24, 2.45) is 5.92 Å². The summed E-state index contributed by atoms with van der Waals surface area (Å²) in [5.41, 5.74) is 0.966. The summed E-state index contributed by atoms with van der Waals surface area (Å²) in [4.78, 5) is 13.5. The number of piperidine rings is 2. The molecule has 31 heavy (non-hydrogen) atoms. The summed E-state index contributed by atoms with van der Waals surface area (Å²) in [7, 11) is 1.48. The lowest BCUT2D eigenvalue weighted by Crippen LogP contribution is -2.39. The van der Waals surface area contributed by atoms with Crippen LogP contribution in [0.3, 0.4) is 0 Å². The minimum atomic E-state index is -0.310. The van der Waals surface area contributed by atoms with E-state index in [1.165, 1.54) is 7.11 Å². The smallest absolute Gasteiger partial charge is 0.165 e. The van der Waals surface area contributed by atoms with Crippen molar-refractivity contribution in [2.75, 3.05) is 50.1 Å². The maximum atomic E-state index is 13.9. The van der Waals surface area contributed by atoms with Crippen molar-refractivity contribution in [3.8, 4) is 5.75 Å². The van der Waals surface area contributed by atoms with Gasteiger partial charge in [-0.05, 0) is 49.3 Å². The second-order valence-electron chi connectivity index (χ2n) is 8.56. The standard InChI is InChI=1S/C23H32FN5O2/c1-31-21-5-4-17(11-20(21)24)13-28-9-6-19(7-10-28)27-22-12-23(26-16-25-22)29-8-2-3-18(14-29)15-30/h4-5,11-12,16,18-19,30H,2-3,6-10,13-15H2,1H3,(H,25,26,27). The van der Waals surface area contributed by atoms with Gasteiger partial charge >= 0.3 is 0 Å². The molecule has 2 saturated heterocycles. The zero-order chi connectivity index (χ0) is 21.6. The van der Waals surface area contributed by atoms with E-state index in [4.69, 9.17) is 4.74 Å². The van der Waals surface area contributed by atoms with E-state index in [-0.39, 0.29) is 18.2 Å². The Morgan fingerprint density at radius 1 is 1.16 bits per heavy atom. The molecular weight excluding hydrogens is 397 g/mol. The van der Waals surface area contributed by atoms with E-state index >= 15 is 0 Å². The number of methoxy groups -OCH3 is 1. The van der Waals surface area contributed by atoms with Crippen LogP contribution in [-0.4, -0.2) is 65.9 Å². The van der Waals surface area contributed by atoms with Crippen LogP contribution < -0.4 is 15.0 Å². The van der Waals surface area contributed by atoms with Crippen LogP contribution in [0.1, 0.15) is 31.2 Å². The van der Waals surface area contributed by atoms with Gasteiger partial charge in [0.25, 0.3) is 0 Å². The van der Waals surface area contributed by atoms with E-state index < -0.39 is 0 Å². The topological polar surface area (TPSA) is 73.8 Å². The van der Waals surface area contributed by atoms with Gasteiger partial charge in [0.2, 0.25) is 0 Å². The van der Waals surface area contributed by atoms with Crippen molar-refractivity contribution in [3.63, 3.8) is 0 Å². The molecule has 2 N–H and O–H groups in total. The van der Waals surface area contributed by atoms with Crippen LogP contribution in [0.25, 0.3) is 0 Å². The van der Waals surface area contributed by atoms with Crippen LogP contribution in [0.5, 0.6) is 5.75 Å². The van der Waals surface area contributed by atoms with Gasteiger partial charge < -0.3 is 20.1 Å². The maximum Gasteiger partial charge on any atom is 0.165 e. The third kappa shape index (κ3) is 5.62. The zero-order valence-electron chi connectivity index (χ0n) is 18.1. The number of hydrogen-bond donors (Lipinski definition) is 2. The predicted molar refractivity (Wildman–Crippen MR) is 119 cm³/mol. The van der Waals surface area contributed by atoms with Crippen molar-refractivity contribution in [3.05, 3.63) is 42.0 Å². The van der Waals surface area contributed by atoms with E-state index in [1.54, 1.807) is 18.5 Å². The van der Waals surface area contributed by atoms with Crippen molar-refractivity contribution >= 4 is 11.6 Å². The summed E-state index contributed by atoms with van der Waals surface area (Å²) >= 11 is 0. The van der Waals surface area contributed by atoms with Gasteiger partial charge in [-0.3, -0.25) is 4.90 Å². The third-order valence-electron chi connectivity index (χ3n) is 6.32. The highest BCUT2D eigenvalue weighted by atomic mass is 19.1. The second kappa shape index (κ2) is 10.2. The fourth-order valence-electron chi connectivity index (χ4n) is 4.53. The number of rotatable bonds is 7. The summed E-state index contributed by atoms with van der Waals surface area (Å²) in [5, 5.41) is 13.0. The quantitative estimate of drug-likeness (QED) is 0.701. The fraction of sp³-hybridized carbons (Fsp3) is 0.565. The molecule has 3 heterocycles. The van der Waals surface area contributed by atoms with E-state index in [0.717, 1.165) is 75.6 Å². The second-order valence-corrected chi connectivity index (χ2v) is 8.56. The number of anilines is 2. The molecule has 4 rings (SSSR count). The largest absolute Gasteiger partial charge is 0.494 e. The Labute approximate surface area is 183 Å². The first kappa shape index (κ1) is 21.8. The summed E-state index contributed by atoms with van der Waals surface area (Å²) < 4.78 is 18.9. The molecule has 1 aromatic heterocycles. The third-order valence-corrected chi connectivity index (χ3v) is 6.32. The summed E-state index contributed by atoms with van der Waals surface area (Å²) in [6, 6.07) is 7.56. The summed E-state index contributed by atoms with van der Waals surface area (Å²) in [5.74, 6) is 2.08. The minimum Gasteiger partial charge on any atom is -0.494 e. The SMILES string of the molecule is COc1ccc(CN2CCC(Nc3cc(N4CCCC(CO)C4)ncn3)CC2)cc1F. The molecular formula is C23H32FN5O2. The molecule has 8 heteroatoms. The predicted octanol–water partition coefficient (Wildman–Crippen LogP) is 2.91. The number of halogens is 1. The summed E-state index contributed by atoms with van der Waals surface area (Å²) in [6.07, 6.45) is 5.79. The van der Waals surface area contributed by atoms with Gasteiger partial charge in [-0.2, -0.15) is 0 Å². The lowest BCUT2D eigenvalue weighted by atomic mass is 9.99. The molecule has 0 saturated carbocycles. The monoisotopic (exact) mass is 429 g/mol. The van der Waals surface area contributed by atoms with Crippen LogP contribution in [0.4, 0.5) is 16.0 Å². The van der Waals surface area contributed by atoms with Crippen molar-refractivity contribution < 1.29 is 14.2 Å². The molecule has 2 aromatic rings. The molecule has 0 spiro atoms. The van der Waals surface area contributed by atoms with Crippen molar-refractivity contribution in [1.82, 2.24) is 14.9 Å². The van der Waals surface area contributed by atoms with Gasteiger partial charge in [0.05, 0.1) is 7.11 Å². The van der Waals surface area contributed by atoms with Crippen LogP contribution in [0.2, 0.25) is 0 Å². The Morgan fingerprint density at radius 3 is 2.74 bits per heavy atom. The van der Waals surface area contributed by atoms with Crippen LogP contribution >= 0.6 is 0 Å². The Hall–Kier alpha value is -2.45. The van der Waals surface area contributed by atoms with E-state index in [1.807, 2.05) is 12.1 Å². The number of benzene rings is 1. The number of nitrogens with zero attached hydrogens (tertiary/aromatic N) is 4. The van der Waals surface area contributed by atoms with Crippen molar-refractivity contribution in [2.45, 2.75) is 38.3 Å². The molecule has 0 radical (unpaired) electrons. The average molecular weight is 430 g/mol. The molecule has 2 fully saturated rings. The van der Waals surface area contributed by atoms with Gasteiger partial charge in [-0.25, -0.2) is 14.4 Å². The highest BCUT2D eigenvalue weighted by molar-refractivity contribution is 5.49. The molecule has 1 unspecified atom stereocenters. The first-order valence-electron chi connectivity index (χ1n) is 11.1. The van der Waals surface area contributed by atoms with Gasteiger partial charge in [0, 0.05) is 51.4 Å². The molecule has 168 valence electrons. The Balaban J connectivity index is 1.28. The van der Waals surface area contributed by atoms with E-state index in [2.05, 4.69) is 25.1 Å². The minimum absolute atomic E-state index is 0.231. The molecule has 1 aromatic carbocycles. The molecule has 1 atom stereocenters. The first-order chi connectivity index (χ1) is 15.1. The number of likely N-dealkylation sites (tertiary alicyclic amines) is 1. The Morgan fingerprint density at radius 2 is 2.00 bits per heavy atom. The van der Waals surface area contributed by atoms with E-state index in [0.29, 0.717) is 12.0 Å². The van der Waals surface area contributed by atoms with Crippen LogP contribution in [0, 0.1) is 11.7 Å². The number of nitrogens with one attached hydrogen (secondary N) is 1. The van der Waals surface area contributed by atoms with Gasteiger partial charge in [-0.1, -0.05) is 6.07 Å². The number of aromatic nitrogens is 2. The average Bonchev–Trinajstić information content (AvgIpc) is 2.81. The van der Waals surface area contributed by atoms with Crippen LogP contribution in [0.15, 0.2) is 30.6 Å². The molecule has 0 bridgehead atoms. The first-order valence-corrected chi connectivity index (χ1v) is 11.1. The highest BCUT2D eigenvalue weighted by Gasteiger charge is 2.22. The molecule has 7 nitrogen and oxygen atoms in total. The Bertz CT molecular complexity index is 860. The summed E-state index contributed by atoms with van der Waals surface area (Å²) in [6.45, 7) is 4.69. The van der Waals surface area contributed by atoms with Crippen molar-refractivity contribution in [1.29, 1.82) is 0 Å².